The first kappa shape index (κ1) is 40.4. The third kappa shape index (κ3) is 11.6. The van der Waals surface area contributed by atoms with Gasteiger partial charge in [0.05, 0.1) is 38.4 Å². The van der Waals surface area contributed by atoms with Crippen LogP contribution in [0.4, 0.5) is 0 Å². The Morgan fingerprint density at radius 2 is 1.17 bits per heavy atom. The van der Waals surface area contributed by atoms with Gasteiger partial charge in [0.2, 0.25) is 0 Å². The second-order valence-electron chi connectivity index (χ2n) is 12.4. The number of carbonyl (C=O) groups excluding carboxylic acids is 1. The molecular weight excluding hydrogens is 546 g/mol. The Hall–Kier alpha value is 0.360. The molecule has 1 N–H and O–H groups in total. The number of aliphatic hydroxyl groups is 1. The molecule has 0 amide bonds. The predicted octanol–water partition coefficient (Wildman–Crippen LogP) is 2.25. The van der Waals surface area contributed by atoms with Crippen molar-refractivity contribution in [2.24, 2.45) is 10.8 Å². The molecule has 42 heavy (non-hydrogen) atoms. The van der Waals surface area contributed by atoms with Gasteiger partial charge in [0.1, 0.15) is 0 Å². The van der Waals surface area contributed by atoms with Gasteiger partial charge in [0.15, 0.2) is 28.9 Å². The molecule has 0 aromatic rings. The van der Waals surface area contributed by atoms with Crippen LogP contribution in [0.15, 0.2) is 0 Å². The molecule has 2 saturated carbocycles. The number of ether oxygens (including phenoxy) is 6. The van der Waals surface area contributed by atoms with E-state index in [1.807, 2.05) is 6.92 Å². The summed E-state index contributed by atoms with van der Waals surface area (Å²) in [5, 5.41) is 9.62. The summed E-state index contributed by atoms with van der Waals surface area (Å²) in [5.41, 5.74) is -0.150. The molecule has 10 heteroatoms. The van der Waals surface area contributed by atoms with Gasteiger partial charge in [-0.15, -0.1) is 0 Å². The van der Waals surface area contributed by atoms with Gasteiger partial charge in [-0.25, -0.2) is 0 Å². The van der Waals surface area contributed by atoms with Crippen molar-refractivity contribution in [3.05, 3.63) is 0 Å². The molecule has 2 spiro atoms. The predicted molar refractivity (Wildman–Crippen MR) is 165 cm³/mol. The second-order valence-corrected chi connectivity index (χ2v) is 12.4. The summed E-state index contributed by atoms with van der Waals surface area (Å²) < 4.78 is 33.2. The Kier molecular flexibility index (Phi) is 19.7. The maximum atomic E-state index is 12.3. The molecule has 0 bridgehead atoms. The van der Waals surface area contributed by atoms with E-state index in [4.69, 9.17) is 28.4 Å². The maximum Gasteiger partial charge on any atom is 1.00 e. The van der Waals surface area contributed by atoms with Gasteiger partial charge in [-0.2, -0.15) is 0 Å². The summed E-state index contributed by atoms with van der Waals surface area (Å²) in [6.07, 6.45) is 16.5. The fraction of sp³-hybridized carbons (Fsp3) is 0.969. The van der Waals surface area contributed by atoms with Crippen molar-refractivity contribution in [1.29, 1.82) is 0 Å². The van der Waals surface area contributed by atoms with Crippen molar-refractivity contribution in [3.63, 3.8) is 0 Å². The molecule has 0 aromatic carbocycles. The number of aliphatic hydroxyl groups excluding tert-OH is 1. The van der Waals surface area contributed by atoms with Crippen molar-refractivity contribution in [1.82, 2.24) is 0 Å². The molecule has 5 fully saturated rings. The minimum atomic E-state index is -0.401. The van der Waals surface area contributed by atoms with Gasteiger partial charge >= 0.3 is 24.8 Å². The largest absolute Gasteiger partial charge is 1.00 e. The van der Waals surface area contributed by atoms with Crippen LogP contribution in [-0.4, -0.2) is 92.9 Å². The Morgan fingerprint density at radius 1 is 0.714 bits per heavy atom. The quantitative estimate of drug-likeness (QED) is 0.315. The van der Waals surface area contributed by atoms with Crippen molar-refractivity contribution in [2.45, 2.75) is 135 Å². The average Bonchev–Trinajstić information content (AvgIpc) is 3.79. The van der Waals surface area contributed by atoms with Crippen LogP contribution in [0.25, 0.3) is 0 Å². The van der Waals surface area contributed by atoms with Crippen molar-refractivity contribution in [2.75, 3.05) is 52.9 Å². The van der Waals surface area contributed by atoms with Gasteiger partial charge in [-0.1, -0.05) is 39.5 Å². The van der Waals surface area contributed by atoms with E-state index in [9.17, 15) is 9.90 Å². The fourth-order valence-corrected chi connectivity index (χ4v) is 6.75. The second kappa shape index (κ2) is 20.5. The smallest absolute Gasteiger partial charge is 1.00 e. The van der Waals surface area contributed by atoms with Crippen molar-refractivity contribution < 1.29 is 58.6 Å². The summed E-state index contributed by atoms with van der Waals surface area (Å²) in [6, 6.07) is 0. The van der Waals surface area contributed by atoms with Crippen LogP contribution >= 0.6 is 0 Å². The molecule has 8 nitrogen and oxygen atoms in total. The van der Waals surface area contributed by atoms with E-state index in [-0.39, 0.29) is 60.2 Å². The molecule has 242 valence electrons. The summed E-state index contributed by atoms with van der Waals surface area (Å²) in [4.78, 5) is 12.3. The Balaban J connectivity index is 0.000000670. The van der Waals surface area contributed by atoms with Gasteiger partial charge in [0, 0.05) is 45.5 Å². The number of hydrogen-bond donors (Lipinski definition) is 1. The number of hydrogen-bond acceptors (Lipinski definition) is 8. The van der Waals surface area contributed by atoms with Crippen LogP contribution in [0.1, 0.15) is 125 Å². The molecule has 3 aliphatic heterocycles. The van der Waals surface area contributed by atoms with Crippen LogP contribution in [0.2, 0.25) is 0 Å². The number of esters is 1. The molecule has 0 atom stereocenters. The van der Waals surface area contributed by atoms with E-state index in [0.717, 1.165) is 103 Å². The average molecular weight is 609 g/mol. The SMILES string of the molecule is C1CCOC1.CCCCC1(C(=O)OCC)CCC2(CC1)OCCO2.CCCCC1(CO)CCC2(CC1)OCCO2.[AlH3].[H-].[Li+]. The third-order valence-corrected chi connectivity index (χ3v) is 9.61. The van der Waals surface area contributed by atoms with Crippen LogP contribution in [0.5, 0.6) is 0 Å². The van der Waals surface area contributed by atoms with Crippen LogP contribution < -0.4 is 18.9 Å². The van der Waals surface area contributed by atoms with Gasteiger partial charge in [-0.3, -0.25) is 4.79 Å². The molecule has 0 aromatic heterocycles. The van der Waals surface area contributed by atoms with Gasteiger partial charge in [0.25, 0.3) is 0 Å². The van der Waals surface area contributed by atoms with E-state index in [2.05, 4.69) is 13.8 Å². The molecular formula is C32H62AlLiO8. The molecule has 3 saturated heterocycles. The minimum Gasteiger partial charge on any atom is -1.00 e. The topological polar surface area (TPSA) is 92.7 Å². The van der Waals surface area contributed by atoms with E-state index in [1.54, 1.807) is 0 Å². The molecule has 5 aliphatic rings. The summed E-state index contributed by atoms with van der Waals surface area (Å²) in [5.74, 6) is -0.705. The first-order valence-electron chi connectivity index (χ1n) is 16.3. The zero-order chi connectivity index (χ0) is 28.8. The number of carbonyl (C=O) groups is 1. The van der Waals surface area contributed by atoms with Gasteiger partial charge < -0.3 is 35.0 Å². The third-order valence-electron chi connectivity index (χ3n) is 9.61. The van der Waals surface area contributed by atoms with Gasteiger partial charge in [-0.05, 0) is 63.7 Å². The van der Waals surface area contributed by atoms with Crippen molar-refractivity contribution in [3.8, 4) is 0 Å². The summed E-state index contributed by atoms with van der Waals surface area (Å²) in [6.45, 7) is 11.9. The zero-order valence-electron chi connectivity index (χ0n) is 27.8. The van der Waals surface area contributed by atoms with Crippen LogP contribution in [0.3, 0.4) is 0 Å². The monoisotopic (exact) mass is 608 g/mol. The van der Waals surface area contributed by atoms with Crippen LogP contribution in [0, 0.1) is 10.8 Å². The van der Waals surface area contributed by atoms with Crippen molar-refractivity contribution >= 4 is 23.3 Å². The van der Waals surface area contributed by atoms with E-state index in [0.29, 0.717) is 26.4 Å². The normalized spacial score (nSPS) is 26.7. The fourth-order valence-electron chi connectivity index (χ4n) is 6.75. The number of rotatable bonds is 9. The Labute approximate surface area is 279 Å². The Morgan fingerprint density at radius 3 is 1.55 bits per heavy atom. The molecule has 0 radical (unpaired) electrons. The van der Waals surface area contributed by atoms with E-state index < -0.39 is 5.79 Å². The first-order chi connectivity index (χ1) is 19.4. The maximum absolute atomic E-state index is 12.3. The first-order valence-corrected chi connectivity index (χ1v) is 16.3. The standard InChI is InChI=1S/C15H26O4.C13H24O3.C4H8O.Al.Li.4H/c1-3-5-6-14(13(16)17-4-2)7-9-15(10-8-14)18-11-12-19-15;1-2-3-4-12(11-14)5-7-13(8-6-12)15-9-10-16-13;1-2-4-5-3-1;;;;;;/h3-12H2,1-2H3;14H,2-11H2,1H3;1-4H2;;;;;;/q;;;;+1;;;;-1. The van der Waals surface area contributed by atoms with E-state index >= 15 is 0 Å². The van der Waals surface area contributed by atoms with E-state index in [1.165, 1.54) is 25.7 Å². The molecule has 3 heterocycles. The zero-order valence-corrected chi connectivity index (χ0v) is 26.8. The minimum absolute atomic E-state index is 0. The molecule has 5 rings (SSSR count). The molecule has 2 aliphatic carbocycles. The Bertz CT molecular complexity index is 703. The number of unbranched alkanes of at least 4 members (excludes halogenated alkanes) is 2. The van der Waals surface area contributed by atoms with Crippen LogP contribution in [-0.2, 0) is 33.2 Å². The summed E-state index contributed by atoms with van der Waals surface area (Å²) >= 11 is 0. The molecule has 0 unspecified atom stereocenters. The summed E-state index contributed by atoms with van der Waals surface area (Å²) in [7, 11) is 0.